The zero-order chi connectivity index (χ0) is 13.1. The second-order valence-corrected chi connectivity index (χ2v) is 4.72. The van der Waals surface area contributed by atoms with Crippen LogP contribution in [0.5, 0.6) is 5.75 Å². The molecular weight excluding hydrogens is 220 g/mol. The van der Waals surface area contributed by atoms with Gasteiger partial charge in [0.05, 0.1) is 17.0 Å². The Morgan fingerprint density at radius 1 is 1.47 bits per heavy atom. The van der Waals surface area contributed by atoms with E-state index in [9.17, 15) is 4.79 Å². The number of phenolic OH excluding ortho intramolecular Hbond substituents is 1. The van der Waals surface area contributed by atoms with Crippen molar-refractivity contribution in [2.24, 2.45) is 0 Å². The van der Waals surface area contributed by atoms with Crippen molar-refractivity contribution < 1.29 is 14.6 Å². The molecule has 1 rings (SSSR count). The summed E-state index contributed by atoms with van der Waals surface area (Å²) in [6, 6.07) is 4.37. The molecule has 0 bridgehead atoms. The van der Waals surface area contributed by atoms with E-state index in [1.54, 1.807) is 6.07 Å². The molecule has 0 radical (unpaired) electrons. The molecule has 0 aliphatic heterocycles. The third kappa shape index (κ3) is 4.74. The van der Waals surface area contributed by atoms with E-state index < -0.39 is 0 Å². The first-order valence-corrected chi connectivity index (χ1v) is 5.30. The lowest BCUT2D eigenvalue weighted by molar-refractivity contribution is -0.125. The minimum absolute atomic E-state index is 0.0379. The van der Waals surface area contributed by atoms with Crippen LogP contribution in [0.4, 0.5) is 11.4 Å². The van der Waals surface area contributed by atoms with E-state index in [0.717, 1.165) is 0 Å². The Labute approximate surface area is 101 Å². The fraction of sp³-hybridized carbons (Fsp3) is 0.417. The molecule has 94 valence electrons. The molecular formula is C12H18N2O3. The number of benzene rings is 1. The second-order valence-electron chi connectivity index (χ2n) is 4.72. The van der Waals surface area contributed by atoms with Crippen molar-refractivity contribution in [3.63, 3.8) is 0 Å². The van der Waals surface area contributed by atoms with E-state index in [1.165, 1.54) is 12.1 Å². The Bertz CT molecular complexity index is 411. The molecule has 1 amide bonds. The van der Waals surface area contributed by atoms with Crippen molar-refractivity contribution in [1.82, 2.24) is 0 Å². The first-order valence-electron chi connectivity index (χ1n) is 5.30. The lowest BCUT2D eigenvalue weighted by atomic mass is 10.2. The number of carbonyl (C=O) groups is 1. The van der Waals surface area contributed by atoms with Gasteiger partial charge in [-0.3, -0.25) is 4.79 Å². The van der Waals surface area contributed by atoms with E-state index in [-0.39, 0.29) is 23.9 Å². The minimum Gasteiger partial charge on any atom is -0.508 e. The number of nitrogen functional groups attached to an aromatic ring is 1. The molecule has 1 aromatic rings. The molecule has 1 aromatic carbocycles. The highest BCUT2D eigenvalue weighted by atomic mass is 16.5. The summed E-state index contributed by atoms with van der Waals surface area (Å²) in [5.41, 5.74) is 6.05. The monoisotopic (exact) mass is 238 g/mol. The third-order valence-corrected chi connectivity index (χ3v) is 1.95. The van der Waals surface area contributed by atoms with Crippen molar-refractivity contribution in [3.05, 3.63) is 18.2 Å². The van der Waals surface area contributed by atoms with Crippen molar-refractivity contribution in [2.75, 3.05) is 17.7 Å². The predicted octanol–water partition coefficient (Wildman–Crippen LogP) is 1.73. The Morgan fingerprint density at radius 3 is 2.65 bits per heavy atom. The van der Waals surface area contributed by atoms with Gasteiger partial charge >= 0.3 is 0 Å². The summed E-state index contributed by atoms with van der Waals surface area (Å²) in [4.78, 5) is 11.5. The van der Waals surface area contributed by atoms with Crippen LogP contribution in [0.25, 0.3) is 0 Å². The molecule has 0 saturated heterocycles. The van der Waals surface area contributed by atoms with Gasteiger partial charge in [0.1, 0.15) is 12.4 Å². The number of rotatable bonds is 3. The van der Waals surface area contributed by atoms with Crippen molar-refractivity contribution in [1.29, 1.82) is 0 Å². The number of phenols is 1. The highest BCUT2D eigenvalue weighted by Gasteiger charge is 2.13. The van der Waals surface area contributed by atoms with Gasteiger partial charge in [0.2, 0.25) is 5.91 Å². The maximum absolute atomic E-state index is 11.5. The SMILES string of the molecule is CC(C)(C)OCC(=O)Nc1ccc(O)cc1N. The summed E-state index contributed by atoms with van der Waals surface area (Å²) in [5.74, 6) is -0.219. The Kier molecular flexibility index (Phi) is 3.96. The van der Waals surface area contributed by atoms with Crippen molar-refractivity contribution in [2.45, 2.75) is 26.4 Å². The molecule has 0 aliphatic carbocycles. The Balaban J connectivity index is 2.57. The number of nitrogens with two attached hydrogens (primary N) is 1. The van der Waals surface area contributed by atoms with Crippen LogP contribution < -0.4 is 11.1 Å². The van der Waals surface area contributed by atoms with Crippen LogP contribution in [-0.2, 0) is 9.53 Å². The molecule has 0 aromatic heterocycles. The zero-order valence-electron chi connectivity index (χ0n) is 10.3. The van der Waals surface area contributed by atoms with Crippen LogP contribution in [0, 0.1) is 0 Å². The summed E-state index contributed by atoms with van der Waals surface area (Å²) in [6.45, 7) is 5.57. The molecule has 0 unspecified atom stereocenters. The molecule has 0 heterocycles. The van der Waals surface area contributed by atoms with E-state index in [0.29, 0.717) is 11.4 Å². The number of aromatic hydroxyl groups is 1. The Morgan fingerprint density at radius 2 is 2.12 bits per heavy atom. The molecule has 0 atom stereocenters. The summed E-state index contributed by atoms with van der Waals surface area (Å²) in [5, 5.41) is 11.8. The van der Waals surface area contributed by atoms with Gasteiger partial charge in [-0.05, 0) is 32.9 Å². The van der Waals surface area contributed by atoms with Gasteiger partial charge < -0.3 is 20.9 Å². The van der Waals surface area contributed by atoms with Crippen molar-refractivity contribution in [3.8, 4) is 5.75 Å². The van der Waals surface area contributed by atoms with E-state index >= 15 is 0 Å². The van der Waals surface area contributed by atoms with E-state index in [1.807, 2.05) is 20.8 Å². The van der Waals surface area contributed by atoms with Crippen LogP contribution in [0.2, 0.25) is 0 Å². The lowest BCUT2D eigenvalue weighted by Crippen LogP contribution is -2.27. The predicted molar refractivity (Wildman–Crippen MR) is 66.9 cm³/mol. The maximum atomic E-state index is 11.5. The summed E-state index contributed by atoms with van der Waals surface area (Å²) >= 11 is 0. The molecule has 5 nitrogen and oxygen atoms in total. The van der Waals surface area contributed by atoms with Gasteiger partial charge in [0.25, 0.3) is 0 Å². The quantitative estimate of drug-likeness (QED) is 0.553. The molecule has 0 saturated carbocycles. The number of amides is 1. The van der Waals surface area contributed by atoms with Gasteiger partial charge in [-0.2, -0.15) is 0 Å². The van der Waals surface area contributed by atoms with Gasteiger partial charge in [0.15, 0.2) is 0 Å². The topological polar surface area (TPSA) is 84.6 Å². The van der Waals surface area contributed by atoms with Crippen LogP contribution in [0.3, 0.4) is 0 Å². The minimum atomic E-state index is -0.363. The third-order valence-electron chi connectivity index (χ3n) is 1.95. The summed E-state index contributed by atoms with van der Waals surface area (Å²) in [6.07, 6.45) is 0. The lowest BCUT2D eigenvalue weighted by Gasteiger charge is -2.19. The van der Waals surface area contributed by atoms with Gasteiger partial charge in [-0.1, -0.05) is 0 Å². The molecule has 17 heavy (non-hydrogen) atoms. The number of anilines is 2. The number of hydrogen-bond donors (Lipinski definition) is 3. The highest BCUT2D eigenvalue weighted by molar-refractivity contribution is 5.94. The average molecular weight is 238 g/mol. The first kappa shape index (κ1) is 13.3. The summed E-state index contributed by atoms with van der Waals surface area (Å²) < 4.78 is 5.32. The first-order chi connectivity index (χ1) is 7.78. The van der Waals surface area contributed by atoms with Crippen LogP contribution in [-0.4, -0.2) is 23.2 Å². The van der Waals surface area contributed by atoms with E-state index in [2.05, 4.69) is 5.32 Å². The van der Waals surface area contributed by atoms with Crippen molar-refractivity contribution >= 4 is 17.3 Å². The molecule has 4 N–H and O–H groups in total. The largest absolute Gasteiger partial charge is 0.508 e. The van der Waals surface area contributed by atoms with Gasteiger partial charge in [0, 0.05) is 6.07 Å². The number of carbonyl (C=O) groups excluding carboxylic acids is 1. The van der Waals surface area contributed by atoms with E-state index in [4.69, 9.17) is 15.6 Å². The normalized spacial score (nSPS) is 11.2. The molecule has 0 spiro atoms. The number of ether oxygens (including phenoxy) is 1. The van der Waals surface area contributed by atoms with Crippen LogP contribution in [0.15, 0.2) is 18.2 Å². The maximum Gasteiger partial charge on any atom is 0.250 e. The fourth-order valence-corrected chi connectivity index (χ4v) is 1.13. The molecule has 0 aliphatic rings. The average Bonchev–Trinajstić information content (AvgIpc) is 2.18. The van der Waals surface area contributed by atoms with Crippen LogP contribution in [0.1, 0.15) is 20.8 Å². The molecule has 5 heteroatoms. The van der Waals surface area contributed by atoms with Gasteiger partial charge in [-0.15, -0.1) is 0 Å². The second kappa shape index (κ2) is 5.05. The molecule has 0 fully saturated rings. The Hall–Kier alpha value is -1.75. The smallest absolute Gasteiger partial charge is 0.250 e. The fourth-order valence-electron chi connectivity index (χ4n) is 1.13. The summed E-state index contributed by atoms with van der Waals surface area (Å²) in [7, 11) is 0. The number of hydrogen-bond acceptors (Lipinski definition) is 4. The van der Waals surface area contributed by atoms with Crippen LogP contribution >= 0.6 is 0 Å². The zero-order valence-corrected chi connectivity index (χ0v) is 10.3. The standard InChI is InChI=1S/C12H18N2O3/c1-12(2,3)17-7-11(16)14-10-5-4-8(15)6-9(10)13/h4-6,15H,7,13H2,1-3H3,(H,14,16). The van der Waals surface area contributed by atoms with Gasteiger partial charge in [-0.25, -0.2) is 0 Å². The highest BCUT2D eigenvalue weighted by Crippen LogP contribution is 2.23. The number of nitrogens with one attached hydrogen (secondary N) is 1.